The van der Waals surface area contributed by atoms with Crippen LogP contribution in [0.5, 0.6) is 0 Å². The van der Waals surface area contributed by atoms with Crippen molar-refractivity contribution in [1.29, 1.82) is 0 Å². The van der Waals surface area contributed by atoms with Crippen LogP contribution in [0.1, 0.15) is 21.5 Å². The van der Waals surface area contributed by atoms with E-state index in [2.05, 4.69) is 26.2 Å². The molecule has 0 aliphatic rings. The molecule has 0 unspecified atom stereocenters. The Hall–Kier alpha value is -1.68. The number of carbonyl (C=O) groups is 1. The van der Waals surface area contributed by atoms with E-state index in [9.17, 15) is 4.79 Å². The summed E-state index contributed by atoms with van der Waals surface area (Å²) in [4.78, 5) is 16.1. The summed E-state index contributed by atoms with van der Waals surface area (Å²) in [6.45, 7) is 3.83. The van der Waals surface area contributed by atoms with E-state index in [4.69, 9.17) is 0 Å². The Morgan fingerprint density at radius 3 is 2.67 bits per heavy atom. The fraction of sp³-hybridized carbons (Fsp3) is 0.143. The van der Waals surface area contributed by atoms with Crippen LogP contribution in [0.3, 0.4) is 0 Å². The molecule has 18 heavy (non-hydrogen) atoms. The number of hydrogen-bond donors (Lipinski definition) is 1. The standard InChI is InChI=1S/C14H13BrN2O/c1-9-7-11(15)3-4-13(9)17-14(18)12-5-6-16-8-10(12)2/h3-8H,1-2H3,(H,17,18). The van der Waals surface area contributed by atoms with Crippen LogP contribution in [0.2, 0.25) is 0 Å². The number of anilines is 1. The van der Waals surface area contributed by atoms with Gasteiger partial charge in [-0.3, -0.25) is 9.78 Å². The van der Waals surface area contributed by atoms with Crippen molar-refractivity contribution in [1.82, 2.24) is 4.98 Å². The van der Waals surface area contributed by atoms with Crippen molar-refractivity contribution in [3.05, 3.63) is 57.8 Å². The molecule has 3 nitrogen and oxygen atoms in total. The second kappa shape index (κ2) is 5.31. The van der Waals surface area contributed by atoms with Gasteiger partial charge in [-0.25, -0.2) is 0 Å². The number of carbonyl (C=O) groups excluding carboxylic acids is 1. The summed E-state index contributed by atoms with van der Waals surface area (Å²) in [6.07, 6.45) is 3.31. The number of aromatic nitrogens is 1. The van der Waals surface area contributed by atoms with Crippen molar-refractivity contribution in [2.24, 2.45) is 0 Å². The van der Waals surface area contributed by atoms with Gasteiger partial charge in [-0.05, 0) is 49.2 Å². The van der Waals surface area contributed by atoms with Gasteiger partial charge in [0.25, 0.3) is 5.91 Å². The Morgan fingerprint density at radius 2 is 2.00 bits per heavy atom. The van der Waals surface area contributed by atoms with E-state index in [0.29, 0.717) is 5.56 Å². The first kappa shape index (κ1) is 12.8. The van der Waals surface area contributed by atoms with E-state index in [1.807, 2.05) is 32.0 Å². The van der Waals surface area contributed by atoms with Crippen LogP contribution in [0.25, 0.3) is 0 Å². The number of halogens is 1. The maximum absolute atomic E-state index is 12.1. The number of aryl methyl sites for hydroxylation is 2. The van der Waals surface area contributed by atoms with E-state index in [-0.39, 0.29) is 5.91 Å². The highest BCUT2D eigenvalue weighted by atomic mass is 79.9. The molecule has 0 atom stereocenters. The first-order chi connectivity index (χ1) is 8.58. The Bertz CT molecular complexity index is 596. The first-order valence-electron chi connectivity index (χ1n) is 5.56. The number of rotatable bonds is 2. The maximum Gasteiger partial charge on any atom is 0.256 e. The lowest BCUT2D eigenvalue weighted by Crippen LogP contribution is -2.14. The summed E-state index contributed by atoms with van der Waals surface area (Å²) in [7, 11) is 0. The lowest BCUT2D eigenvalue weighted by molar-refractivity contribution is 0.102. The lowest BCUT2D eigenvalue weighted by Gasteiger charge is -2.10. The van der Waals surface area contributed by atoms with Crippen LogP contribution < -0.4 is 5.32 Å². The fourth-order valence-corrected chi connectivity index (χ4v) is 2.16. The number of nitrogens with zero attached hydrogens (tertiary/aromatic N) is 1. The maximum atomic E-state index is 12.1. The molecule has 1 aromatic carbocycles. The molecule has 0 bridgehead atoms. The molecule has 0 saturated carbocycles. The molecule has 0 spiro atoms. The normalized spacial score (nSPS) is 10.2. The zero-order chi connectivity index (χ0) is 13.1. The average molecular weight is 305 g/mol. The van der Waals surface area contributed by atoms with Crippen molar-refractivity contribution >= 4 is 27.5 Å². The molecule has 0 radical (unpaired) electrons. The van der Waals surface area contributed by atoms with Crippen molar-refractivity contribution < 1.29 is 4.79 Å². The Labute approximate surface area is 114 Å². The van der Waals surface area contributed by atoms with Crippen LogP contribution in [0, 0.1) is 13.8 Å². The molecule has 1 amide bonds. The lowest BCUT2D eigenvalue weighted by atomic mass is 10.1. The number of pyridine rings is 1. The van der Waals surface area contributed by atoms with Crippen molar-refractivity contribution in [2.45, 2.75) is 13.8 Å². The summed E-state index contributed by atoms with van der Waals surface area (Å²) in [5.41, 5.74) is 3.35. The zero-order valence-corrected chi connectivity index (χ0v) is 11.8. The van der Waals surface area contributed by atoms with Gasteiger partial charge in [0.2, 0.25) is 0 Å². The molecule has 0 aliphatic carbocycles. The minimum Gasteiger partial charge on any atom is -0.322 e. The molecule has 1 aromatic heterocycles. The molecule has 4 heteroatoms. The minimum absolute atomic E-state index is 0.111. The quantitative estimate of drug-likeness (QED) is 0.919. The van der Waals surface area contributed by atoms with Crippen molar-refractivity contribution in [2.75, 3.05) is 5.32 Å². The van der Waals surface area contributed by atoms with E-state index >= 15 is 0 Å². The molecule has 0 saturated heterocycles. The Kier molecular flexibility index (Phi) is 3.77. The van der Waals surface area contributed by atoms with E-state index in [1.54, 1.807) is 18.5 Å². The minimum atomic E-state index is -0.111. The summed E-state index contributed by atoms with van der Waals surface area (Å²) in [5.74, 6) is -0.111. The highest BCUT2D eigenvalue weighted by molar-refractivity contribution is 9.10. The van der Waals surface area contributed by atoms with Crippen LogP contribution in [-0.2, 0) is 0 Å². The van der Waals surface area contributed by atoms with E-state index < -0.39 is 0 Å². The Balaban J connectivity index is 2.24. The van der Waals surface area contributed by atoms with Gasteiger partial charge in [0.05, 0.1) is 0 Å². The van der Waals surface area contributed by atoms with Crippen molar-refractivity contribution in [3.63, 3.8) is 0 Å². The number of hydrogen-bond acceptors (Lipinski definition) is 2. The SMILES string of the molecule is Cc1cc(Br)ccc1NC(=O)c1ccncc1C. The van der Waals surface area contributed by atoms with E-state index in [0.717, 1.165) is 21.3 Å². The van der Waals surface area contributed by atoms with Gasteiger partial charge in [0.1, 0.15) is 0 Å². The first-order valence-corrected chi connectivity index (χ1v) is 6.35. The van der Waals surface area contributed by atoms with Gasteiger partial charge in [-0.15, -0.1) is 0 Å². The Morgan fingerprint density at radius 1 is 1.22 bits per heavy atom. The average Bonchev–Trinajstić information content (AvgIpc) is 2.33. The third-order valence-corrected chi connectivity index (χ3v) is 3.19. The van der Waals surface area contributed by atoms with Crippen molar-refractivity contribution in [3.8, 4) is 0 Å². The predicted octanol–water partition coefficient (Wildman–Crippen LogP) is 3.71. The second-order valence-electron chi connectivity index (χ2n) is 4.10. The van der Waals surface area contributed by atoms with Crippen LogP contribution in [0.4, 0.5) is 5.69 Å². The van der Waals surface area contributed by atoms with Gasteiger partial charge in [0.15, 0.2) is 0 Å². The monoisotopic (exact) mass is 304 g/mol. The topological polar surface area (TPSA) is 42.0 Å². The summed E-state index contributed by atoms with van der Waals surface area (Å²) in [6, 6.07) is 7.48. The molecule has 0 aliphatic heterocycles. The third-order valence-electron chi connectivity index (χ3n) is 2.70. The van der Waals surface area contributed by atoms with Gasteiger partial charge < -0.3 is 5.32 Å². The largest absolute Gasteiger partial charge is 0.322 e. The number of amides is 1. The molecule has 2 rings (SSSR count). The molecule has 1 heterocycles. The van der Waals surface area contributed by atoms with Crippen LogP contribution in [-0.4, -0.2) is 10.9 Å². The van der Waals surface area contributed by atoms with Crippen LogP contribution in [0.15, 0.2) is 41.1 Å². The van der Waals surface area contributed by atoms with Gasteiger partial charge in [-0.2, -0.15) is 0 Å². The van der Waals surface area contributed by atoms with Gasteiger partial charge >= 0.3 is 0 Å². The highest BCUT2D eigenvalue weighted by Crippen LogP contribution is 2.21. The molecule has 92 valence electrons. The summed E-state index contributed by atoms with van der Waals surface area (Å²) >= 11 is 3.40. The number of benzene rings is 1. The molecular weight excluding hydrogens is 292 g/mol. The summed E-state index contributed by atoms with van der Waals surface area (Å²) in [5, 5.41) is 2.91. The highest BCUT2D eigenvalue weighted by Gasteiger charge is 2.10. The smallest absolute Gasteiger partial charge is 0.256 e. The molecule has 0 fully saturated rings. The zero-order valence-electron chi connectivity index (χ0n) is 10.2. The third kappa shape index (κ3) is 2.76. The summed E-state index contributed by atoms with van der Waals surface area (Å²) < 4.78 is 0.998. The molecule has 1 N–H and O–H groups in total. The number of nitrogens with one attached hydrogen (secondary N) is 1. The molecule has 2 aromatic rings. The molecular formula is C14H13BrN2O. The second-order valence-corrected chi connectivity index (χ2v) is 5.02. The van der Waals surface area contributed by atoms with Gasteiger partial charge in [0, 0.05) is 28.1 Å². The van der Waals surface area contributed by atoms with Crippen LogP contribution >= 0.6 is 15.9 Å². The van der Waals surface area contributed by atoms with E-state index in [1.165, 1.54) is 0 Å². The predicted molar refractivity (Wildman–Crippen MR) is 75.8 cm³/mol. The van der Waals surface area contributed by atoms with Gasteiger partial charge in [-0.1, -0.05) is 15.9 Å². The fourth-order valence-electron chi connectivity index (χ4n) is 1.69.